The lowest BCUT2D eigenvalue weighted by Gasteiger charge is -2.26. The predicted octanol–water partition coefficient (Wildman–Crippen LogP) is -1.54. The maximum atomic E-state index is 13.4. The van der Waals surface area contributed by atoms with E-state index in [1.165, 1.54) is 4.90 Å². The zero-order valence-corrected chi connectivity index (χ0v) is 11.2. The van der Waals surface area contributed by atoms with Crippen molar-refractivity contribution in [1.29, 1.82) is 0 Å². The van der Waals surface area contributed by atoms with Gasteiger partial charge in [-0.2, -0.15) is 0 Å². The van der Waals surface area contributed by atoms with Crippen LogP contribution in [0.4, 0.5) is 18.9 Å². The summed E-state index contributed by atoms with van der Waals surface area (Å²) < 4.78 is 39.2. The van der Waals surface area contributed by atoms with Crippen molar-refractivity contribution in [1.82, 2.24) is 0 Å². The van der Waals surface area contributed by atoms with Gasteiger partial charge in [0.25, 0.3) is 5.91 Å². The Balaban J connectivity index is 1.93. The van der Waals surface area contributed by atoms with Crippen LogP contribution in [0.3, 0.4) is 0 Å². The minimum absolute atomic E-state index is 0.200. The van der Waals surface area contributed by atoms with Crippen LogP contribution >= 0.6 is 0 Å². The van der Waals surface area contributed by atoms with Crippen molar-refractivity contribution in [2.24, 2.45) is 0 Å². The van der Waals surface area contributed by atoms with E-state index in [2.05, 4.69) is 12.4 Å². The fourth-order valence-corrected chi connectivity index (χ4v) is 2.25. The number of rotatable bonds is 3. The molecule has 1 saturated heterocycles. The molecule has 1 aromatic carbocycles. The highest BCUT2D eigenvalue weighted by molar-refractivity contribution is 5.91. The summed E-state index contributed by atoms with van der Waals surface area (Å²) in [7, 11) is 2.09. The van der Waals surface area contributed by atoms with Gasteiger partial charge in [-0.15, -0.1) is 0 Å². The molecule has 2 rings (SSSR count). The second-order valence-electron chi connectivity index (χ2n) is 5.15. The predicted molar refractivity (Wildman–Crippen MR) is 67.1 cm³/mol. The standard InChI is InChI=1S/C13H16F3N3O/c1-18-4-6-19(7-5-18)8-11(20)17-10-3-2-9(14)12(15)13(10)16/h2-3H,4-8H2,1H3,(H,17,20)/p+2. The summed E-state index contributed by atoms with van der Waals surface area (Å²) in [6.45, 7) is 3.87. The number of hydrogen-bond donors (Lipinski definition) is 3. The molecule has 1 aliphatic rings. The number of anilines is 1. The Hall–Kier alpha value is -1.60. The molecular formula is C13H18F3N3O+2. The van der Waals surface area contributed by atoms with Crippen molar-refractivity contribution in [2.45, 2.75) is 0 Å². The topological polar surface area (TPSA) is 38.0 Å². The maximum Gasteiger partial charge on any atom is 0.279 e. The van der Waals surface area contributed by atoms with Gasteiger partial charge in [-0.05, 0) is 12.1 Å². The quantitative estimate of drug-likeness (QED) is 0.580. The Morgan fingerprint density at radius 1 is 1.15 bits per heavy atom. The van der Waals surface area contributed by atoms with E-state index in [9.17, 15) is 18.0 Å². The van der Waals surface area contributed by atoms with E-state index in [0.29, 0.717) is 0 Å². The van der Waals surface area contributed by atoms with Crippen LogP contribution in [0.5, 0.6) is 0 Å². The van der Waals surface area contributed by atoms with Crippen molar-refractivity contribution < 1.29 is 27.8 Å². The zero-order valence-electron chi connectivity index (χ0n) is 11.2. The van der Waals surface area contributed by atoms with Gasteiger partial charge in [-0.1, -0.05) is 0 Å². The van der Waals surface area contributed by atoms with E-state index in [1.807, 2.05) is 0 Å². The normalized spacial score (nSPS) is 22.6. The lowest BCUT2D eigenvalue weighted by molar-refractivity contribution is -0.999. The Bertz CT molecular complexity index is 502. The summed E-state index contributed by atoms with van der Waals surface area (Å²) in [4.78, 5) is 14.3. The first-order valence-electron chi connectivity index (χ1n) is 6.55. The Labute approximate surface area is 115 Å². The molecule has 0 atom stereocenters. The third-order valence-corrected chi connectivity index (χ3v) is 3.53. The van der Waals surface area contributed by atoms with Gasteiger partial charge < -0.3 is 15.1 Å². The minimum Gasteiger partial charge on any atom is -0.328 e. The van der Waals surface area contributed by atoms with Gasteiger partial charge in [0.1, 0.15) is 26.2 Å². The first kappa shape index (κ1) is 14.8. The van der Waals surface area contributed by atoms with Gasteiger partial charge in [0.2, 0.25) is 0 Å². The highest BCUT2D eigenvalue weighted by Gasteiger charge is 2.23. The SMILES string of the molecule is C[NH+]1CC[NH+](CC(=O)Nc2ccc(F)c(F)c2F)CC1. The maximum absolute atomic E-state index is 13.4. The molecule has 0 aliphatic carbocycles. The molecule has 1 heterocycles. The third kappa shape index (κ3) is 3.49. The lowest BCUT2D eigenvalue weighted by atomic mass is 10.2. The van der Waals surface area contributed by atoms with Gasteiger partial charge in [-0.25, -0.2) is 13.2 Å². The van der Waals surface area contributed by atoms with Crippen molar-refractivity contribution in [2.75, 3.05) is 45.1 Å². The lowest BCUT2D eigenvalue weighted by Crippen LogP contribution is -3.27. The van der Waals surface area contributed by atoms with Gasteiger partial charge >= 0.3 is 0 Å². The second kappa shape index (κ2) is 6.23. The number of benzene rings is 1. The van der Waals surface area contributed by atoms with E-state index >= 15 is 0 Å². The Morgan fingerprint density at radius 3 is 2.45 bits per heavy atom. The number of likely N-dealkylation sites (N-methyl/N-ethyl adjacent to an activating group) is 1. The zero-order chi connectivity index (χ0) is 14.7. The first-order valence-corrected chi connectivity index (χ1v) is 6.55. The minimum atomic E-state index is -1.57. The molecule has 1 amide bonds. The Kier molecular flexibility index (Phi) is 4.61. The Morgan fingerprint density at radius 2 is 1.80 bits per heavy atom. The van der Waals surface area contributed by atoms with Gasteiger partial charge in [0.15, 0.2) is 24.0 Å². The number of halogens is 3. The smallest absolute Gasteiger partial charge is 0.279 e. The molecular weight excluding hydrogens is 271 g/mol. The number of nitrogens with one attached hydrogen (secondary N) is 3. The van der Waals surface area contributed by atoms with Crippen LogP contribution in [0.2, 0.25) is 0 Å². The molecule has 0 spiro atoms. The van der Waals surface area contributed by atoms with E-state index in [0.717, 1.165) is 43.2 Å². The fraction of sp³-hybridized carbons (Fsp3) is 0.462. The molecule has 7 heteroatoms. The molecule has 0 bridgehead atoms. The van der Waals surface area contributed by atoms with Crippen LogP contribution in [-0.2, 0) is 4.79 Å². The molecule has 0 aromatic heterocycles. The van der Waals surface area contributed by atoms with Crippen molar-refractivity contribution in [3.63, 3.8) is 0 Å². The second-order valence-corrected chi connectivity index (χ2v) is 5.15. The van der Waals surface area contributed by atoms with Crippen LogP contribution in [0, 0.1) is 17.5 Å². The molecule has 1 aliphatic heterocycles. The van der Waals surface area contributed by atoms with Crippen LogP contribution in [0.15, 0.2) is 12.1 Å². The monoisotopic (exact) mass is 289 g/mol. The summed E-state index contributed by atoms with van der Waals surface area (Å²) >= 11 is 0. The number of carbonyl (C=O) groups excluding carboxylic acids is 1. The molecule has 1 fully saturated rings. The summed E-state index contributed by atoms with van der Waals surface area (Å²) in [6.07, 6.45) is 0. The summed E-state index contributed by atoms with van der Waals surface area (Å²) in [5.74, 6) is -4.60. The van der Waals surface area contributed by atoms with E-state index in [4.69, 9.17) is 0 Å². The number of piperazine rings is 1. The summed E-state index contributed by atoms with van der Waals surface area (Å²) in [5, 5.41) is 2.29. The highest BCUT2D eigenvalue weighted by Crippen LogP contribution is 2.19. The summed E-state index contributed by atoms with van der Waals surface area (Å²) in [6, 6.07) is 1.81. The molecule has 0 unspecified atom stereocenters. The van der Waals surface area contributed by atoms with E-state index < -0.39 is 23.4 Å². The van der Waals surface area contributed by atoms with Crippen LogP contribution in [0.25, 0.3) is 0 Å². The number of carbonyl (C=O) groups is 1. The van der Waals surface area contributed by atoms with Crippen LogP contribution < -0.4 is 15.1 Å². The number of amides is 1. The fourth-order valence-electron chi connectivity index (χ4n) is 2.25. The largest absolute Gasteiger partial charge is 0.328 e. The molecule has 1 aromatic rings. The molecule has 110 valence electrons. The summed E-state index contributed by atoms with van der Waals surface area (Å²) in [5.41, 5.74) is -0.326. The van der Waals surface area contributed by atoms with Gasteiger partial charge in [-0.3, -0.25) is 4.79 Å². The average Bonchev–Trinajstić information content (AvgIpc) is 2.42. The van der Waals surface area contributed by atoms with Gasteiger partial charge in [0, 0.05) is 0 Å². The van der Waals surface area contributed by atoms with Crippen LogP contribution in [-0.4, -0.2) is 45.7 Å². The first-order chi connectivity index (χ1) is 9.47. The van der Waals surface area contributed by atoms with E-state index in [1.54, 1.807) is 0 Å². The van der Waals surface area contributed by atoms with Crippen molar-refractivity contribution >= 4 is 11.6 Å². The molecule has 20 heavy (non-hydrogen) atoms. The average molecular weight is 289 g/mol. The molecule has 3 N–H and O–H groups in total. The highest BCUT2D eigenvalue weighted by atomic mass is 19.2. The van der Waals surface area contributed by atoms with Crippen LogP contribution in [0.1, 0.15) is 0 Å². The van der Waals surface area contributed by atoms with Crippen molar-refractivity contribution in [3.05, 3.63) is 29.6 Å². The van der Waals surface area contributed by atoms with Crippen molar-refractivity contribution in [3.8, 4) is 0 Å². The third-order valence-electron chi connectivity index (χ3n) is 3.53. The number of hydrogen-bond acceptors (Lipinski definition) is 1. The van der Waals surface area contributed by atoms with E-state index in [-0.39, 0.29) is 12.2 Å². The number of quaternary nitrogens is 2. The molecule has 4 nitrogen and oxygen atoms in total. The van der Waals surface area contributed by atoms with Gasteiger partial charge in [0.05, 0.1) is 12.7 Å². The molecule has 0 radical (unpaired) electrons. The molecule has 0 saturated carbocycles.